The zero-order valence-electron chi connectivity index (χ0n) is 23.3. The normalized spacial score (nSPS) is 16.1. The molecule has 1 aliphatic rings. The number of benzene rings is 2. The van der Waals surface area contributed by atoms with E-state index in [0.717, 1.165) is 34.5 Å². The average molecular weight is 579 g/mol. The first-order valence-corrected chi connectivity index (χ1v) is 13.5. The molecule has 12 nitrogen and oxygen atoms in total. The molecule has 0 saturated carbocycles. The SMILES string of the molecule is COC(=O)/C=C(/Cc1c(C(=O)OC)c(C(=O)OC)c2cc(OC)ccc2c1P1(=O)OCC(C)(C)CO1)C(=O)OC. The molecule has 40 heavy (non-hydrogen) atoms. The van der Waals surface area contributed by atoms with Gasteiger partial charge < -0.3 is 32.7 Å². The molecule has 1 heterocycles. The minimum atomic E-state index is -4.22. The fourth-order valence-corrected chi connectivity index (χ4v) is 6.57. The van der Waals surface area contributed by atoms with Crippen LogP contribution >= 0.6 is 7.60 Å². The van der Waals surface area contributed by atoms with Crippen LogP contribution in [0, 0.1) is 5.41 Å². The first-order chi connectivity index (χ1) is 18.9. The number of fused-ring (bicyclic) bond motifs is 1. The molecule has 1 saturated heterocycles. The Morgan fingerprint density at radius 3 is 2.00 bits per heavy atom. The van der Waals surface area contributed by atoms with Crippen LogP contribution in [0.4, 0.5) is 0 Å². The van der Waals surface area contributed by atoms with Crippen LogP contribution in [0.5, 0.6) is 5.75 Å². The molecule has 216 valence electrons. The highest BCUT2D eigenvalue weighted by Crippen LogP contribution is 2.55. The third kappa shape index (κ3) is 6.04. The van der Waals surface area contributed by atoms with Gasteiger partial charge in [0, 0.05) is 28.9 Å². The van der Waals surface area contributed by atoms with Crippen molar-refractivity contribution in [3.05, 3.63) is 46.5 Å². The maximum atomic E-state index is 14.5. The van der Waals surface area contributed by atoms with Gasteiger partial charge in [-0.25, -0.2) is 19.2 Å². The number of carbonyl (C=O) groups excluding carboxylic acids is 4. The molecule has 13 heteroatoms. The number of carbonyl (C=O) groups is 4. The van der Waals surface area contributed by atoms with Crippen molar-refractivity contribution in [1.82, 2.24) is 0 Å². The Kier molecular flexibility index (Phi) is 9.40. The minimum Gasteiger partial charge on any atom is -0.497 e. The summed E-state index contributed by atoms with van der Waals surface area (Å²) in [6, 6.07) is 4.54. The maximum Gasteiger partial charge on any atom is 0.362 e. The molecular weight excluding hydrogens is 547 g/mol. The van der Waals surface area contributed by atoms with Crippen molar-refractivity contribution >= 4 is 47.5 Å². The molecule has 0 bridgehead atoms. The van der Waals surface area contributed by atoms with Crippen LogP contribution in [-0.2, 0) is 48.6 Å². The Bertz CT molecular complexity index is 1420. The number of hydrogen-bond acceptors (Lipinski definition) is 12. The first-order valence-electron chi connectivity index (χ1n) is 12.0. The zero-order chi connectivity index (χ0) is 29.8. The van der Waals surface area contributed by atoms with Crippen molar-refractivity contribution in [3.63, 3.8) is 0 Å². The van der Waals surface area contributed by atoms with E-state index in [-0.39, 0.29) is 51.6 Å². The van der Waals surface area contributed by atoms with Crippen LogP contribution in [0.15, 0.2) is 29.8 Å². The lowest BCUT2D eigenvalue weighted by Gasteiger charge is -2.35. The van der Waals surface area contributed by atoms with E-state index in [1.54, 1.807) is 6.07 Å². The van der Waals surface area contributed by atoms with Crippen LogP contribution in [0.1, 0.15) is 40.1 Å². The van der Waals surface area contributed by atoms with Crippen molar-refractivity contribution in [2.24, 2.45) is 5.41 Å². The number of hydrogen-bond donors (Lipinski definition) is 0. The van der Waals surface area contributed by atoms with E-state index in [9.17, 15) is 23.7 Å². The number of esters is 4. The summed E-state index contributed by atoms with van der Waals surface area (Å²) in [6.45, 7) is 3.79. The molecule has 3 rings (SSSR count). The lowest BCUT2D eigenvalue weighted by Crippen LogP contribution is -2.34. The van der Waals surface area contributed by atoms with Crippen molar-refractivity contribution in [2.45, 2.75) is 20.3 Å². The highest BCUT2D eigenvalue weighted by atomic mass is 31.2. The predicted molar refractivity (Wildman–Crippen MR) is 142 cm³/mol. The summed E-state index contributed by atoms with van der Waals surface area (Å²) < 4.78 is 51.0. The smallest absolute Gasteiger partial charge is 0.362 e. The van der Waals surface area contributed by atoms with Crippen LogP contribution in [0.3, 0.4) is 0 Å². The van der Waals surface area contributed by atoms with Crippen molar-refractivity contribution in [3.8, 4) is 5.75 Å². The molecule has 0 spiro atoms. The number of methoxy groups -OCH3 is 5. The van der Waals surface area contributed by atoms with Crippen molar-refractivity contribution in [2.75, 3.05) is 48.8 Å². The second kappa shape index (κ2) is 12.2. The van der Waals surface area contributed by atoms with Gasteiger partial charge in [0.05, 0.1) is 65.2 Å². The monoisotopic (exact) mass is 578 g/mol. The minimum absolute atomic E-state index is 0.0372. The van der Waals surface area contributed by atoms with Crippen LogP contribution in [0.25, 0.3) is 10.8 Å². The van der Waals surface area contributed by atoms with E-state index in [2.05, 4.69) is 4.74 Å². The van der Waals surface area contributed by atoms with E-state index in [1.807, 2.05) is 13.8 Å². The van der Waals surface area contributed by atoms with Crippen molar-refractivity contribution in [1.29, 1.82) is 0 Å². The van der Waals surface area contributed by atoms with Crippen molar-refractivity contribution < 1.29 is 56.5 Å². The number of ether oxygens (including phenoxy) is 5. The summed E-state index contributed by atoms with van der Waals surface area (Å²) >= 11 is 0. The van der Waals surface area contributed by atoms with E-state index < -0.39 is 43.3 Å². The van der Waals surface area contributed by atoms with Gasteiger partial charge >= 0.3 is 31.5 Å². The molecule has 1 aliphatic heterocycles. The van der Waals surface area contributed by atoms with Gasteiger partial charge in [-0.1, -0.05) is 13.8 Å². The molecule has 0 aliphatic carbocycles. The van der Waals surface area contributed by atoms with Gasteiger partial charge in [0.15, 0.2) is 0 Å². The topological polar surface area (TPSA) is 150 Å². The van der Waals surface area contributed by atoms with E-state index in [4.69, 9.17) is 28.0 Å². The van der Waals surface area contributed by atoms with Gasteiger partial charge in [-0.05, 0) is 29.1 Å². The van der Waals surface area contributed by atoms with E-state index in [0.29, 0.717) is 5.75 Å². The molecule has 1 fully saturated rings. The Balaban J connectivity index is 2.58. The van der Waals surface area contributed by atoms with Gasteiger partial charge in [-0.3, -0.25) is 4.57 Å². The Labute approximate surface area is 231 Å². The molecule has 0 atom stereocenters. The second-order valence-electron chi connectivity index (χ2n) is 9.54. The lowest BCUT2D eigenvalue weighted by molar-refractivity contribution is -0.138. The van der Waals surface area contributed by atoms with Crippen LogP contribution in [-0.4, -0.2) is 72.6 Å². The van der Waals surface area contributed by atoms with Crippen LogP contribution in [0.2, 0.25) is 0 Å². The summed E-state index contributed by atoms with van der Waals surface area (Å²) in [5.74, 6) is -3.44. The Morgan fingerprint density at radius 2 is 1.48 bits per heavy atom. The summed E-state index contributed by atoms with van der Waals surface area (Å²) in [5, 5.41) is 0.247. The summed E-state index contributed by atoms with van der Waals surface area (Å²) in [5.41, 5.74) is -1.47. The second-order valence-corrected chi connectivity index (χ2v) is 11.5. The largest absolute Gasteiger partial charge is 0.497 e. The average Bonchev–Trinajstić information content (AvgIpc) is 2.95. The maximum absolute atomic E-state index is 14.5. The summed E-state index contributed by atoms with van der Waals surface area (Å²) in [6.07, 6.45) is 0.349. The summed E-state index contributed by atoms with van der Waals surface area (Å²) in [7, 11) is 1.61. The highest BCUT2D eigenvalue weighted by molar-refractivity contribution is 7.63. The molecule has 0 unspecified atom stereocenters. The summed E-state index contributed by atoms with van der Waals surface area (Å²) in [4.78, 5) is 51.4. The quantitative estimate of drug-likeness (QED) is 0.196. The molecule has 0 aromatic heterocycles. The Morgan fingerprint density at radius 1 is 0.875 bits per heavy atom. The lowest BCUT2D eigenvalue weighted by atomic mass is 9.90. The van der Waals surface area contributed by atoms with E-state index in [1.165, 1.54) is 19.2 Å². The predicted octanol–water partition coefficient (Wildman–Crippen LogP) is 3.13. The molecule has 0 radical (unpaired) electrons. The first kappa shape index (κ1) is 30.8. The third-order valence-corrected chi connectivity index (χ3v) is 8.20. The fraction of sp³-hybridized carbons (Fsp3) is 0.407. The molecule has 0 N–H and O–H groups in total. The standard InChI is InChI=1S/C27H31O12P/c1-27(2)13-38-40(32,39-14-27)23-17-9-8-16(33-3)12-18(17)21(25(30)36-6)22(26(31)37-7)19(23)10-15(24(29)35-5)11-20(28)34-4/h8-9,11-12H,10,13-14H2,1-7H3/b15-11-. The zero-order valence-corrected chi connectivity index (χ0v) is 24.2. The highest BCUT2D eigenvalue weighted by Gasteiger charge is 2.43. The van der Waals surface area contributed by atoms with Gasteiger partial charge in [-0.15, -0.1) is 0 Å². The van der Waals surface area contributed by atoms with Gasteiger partial charge in [0.25, 0.3) is 0 Å². The fourth-order valence-electron chi connectivity index (χ4n) is 4.19. The van der Waals surface area contributed by atoms with Gasteiger partial charge in [0.2, 0.25) is 0 Å². The van der Waals surface area contributed by atoms with Gasteiger partial charge in [-0.2, -0.15) is 0 Å². The molecule has 0 amide bonds. The van der Waals surface area contributed by atoms with Gasteiger partial charge in [0.1, 0.15) is 5.75 Å². The number of rotatable bonds is 8. The molecular formula is C27H31O12P. The van der Waals surface area contributed by atoms with E-state index >= 15 is 0 Å². The molecule has 2 aromatic carbocycles. The Hall–Kier alpha value is -3.73. The third-order valence-electron chi connectivity index (χ3n) is 6.20. The van der Waals surface area contributed by atoms with Crippen LogP contribution < -0.4 is 10.0 Å². The molecule has 2 aromatic rings.